The molecule has 0 bridgehead atoms. The van der Waals surface area contributed by atoms with Crippen LogP contribution in [0, 0.1) is 6.92 Å². The van der Waals surface area contributed by atoms with Crippen LogP contribution in [0.15, 0.2) is 36.7 Å². The van der Waals surface area contributed by atoms with Crippen molar-refractivity contribution < 1.29 is 9.47 Å². The minimum absolute atomic E-state index is 0.270. The minimum atomic E-state index is -0.270. The fourth-order valence-electron chi connectivity index (χ4n) is 3.16. The van der Waals surface area contributed by atoms with Crippen LogP contribution in [0.1, 0.15) is 17.5 Å². The Morgan fingerprint density at radius 3 is 2.68 bits per heavy atom. The fraction of sp³-hybridized carbons (Fsp3) is 0.474. The molecule has 3 rings (SSSR count). The third kappa shape index (κ3) is 4.27. The number of para-hydroxylation sites is 1. The van der Waals surface area contributed by atoms with Crippen LogP contribution in [-0.2, 0) is 11.3 Å². The molecule has 1 saturated heterocycles. The Hall–Kier alpha value is -2.18. The lowest BCUT2D eigenvalue weighted by molar-refractivity contribution is -0.0360. The Balaban J connectivity index is 1.59. The molecule has 1 aromatic heterocycles. The van der Waals surface area contributed by atoms with E-state index in [0.717, 1.165) is 42.9 Å². The summed E-state index contributed by atoms with van der Waals surface area (Å²) in [5.41, 5.74) is 1.98. The van der Waals surface area contributed by atoms with Crippen LogP contribution >= 0.6 is 0 Å². The highest BCUT2D eigenvalue weighted by atomic mass is 16.5. The number of rotatable bonds is 7. The number of benzene rings is 1. The number of nitrogens with zero attached hydrogens (tertiary/aromatic N) is 3. The molecule has 1 fully saturated rings. The minimum Gasteiger partial charge on any atom is -0.490 e. The van der Waals surface area contributed by atoms with Crippen molar-refractivity contribution in [1.82, 2.24) is 14.9 Å². The van der Waals surface area contributed by atoms with E-state index in [1.165, 1.54) is 0 Å². The summed E-state index contributed by atoms with van der Waals surface area (Å²) in [6.07, 6.45) is 4.69. The zero-order chi connectivity index (χ0) is 17.7. The summed E-state index contributed by atoms with van der Waals surface area (Å²) in [4.78, 5) is 10.9. The van der Waals surface area contributed by atoms with E-state index in [1.54, 1.807) is 7.11 Å². The third-order valence-electron chi connectivity index (χ3n) is 4.75. The lowest BCUT2D eigenvalue weighted by Gasteiger charge is -2.28. The number of hydrogen-bond donors (Lipinski definition) is 1. The van der Waals surface area contributed by atoms with E-state index < -0.39 is 0 Å². The molecule has 1 atom stereocenters. The van der Waals surface area contributed by atoms with Crippen molar-refractivity contribution in [3.63, 3.8) is 0 Å². The Kier molecular flexibility index (Phi) is 5.50. The van der Waals surface area contributed by atoms with Crippen molar-refractivity contribution in [1.29, 1.82) is 0 Å². The van der Waals surface area contributed by atoms with Gasteiger partial charge in [0.2, 0.25) is 5.95 Å². The van der Waals surface area contributed by atoms with E-state index in [-0.39, 0.29) is 5.60 Å². The van der Waals surface area contributed by atoms with Gasteiger partial charge in [0.25, 0.3) is 0 Å². The van der Waals surface area contributed by atoms with Gasteiger partial charge in [0.15, 0.2) is 0 Å². The first-order chi connectivity index (χ1) is 12.1. The highest BCUT2D eigenvalue weighted by Crippen LogP contribution is 2.28. The number of aromatic nitrogens is 2. The van der Waals surface area contributed by atoms with Gasteiger partial charge in [0.1, 0.15) is 18.0 Å². The monoisotopic (exact) mass is 342 g/mol. The first-order valence-electron chi connectivity index (χ1n) is 8.59. The second-order valence-electron chi connectivity index (χ2n) is 6.57. The van der Waals surface area contributed by atoms with Crippen molar-refractivity contribution in [2.24, 2.45) is 0 Å². The third-order valence-corrected chi connectivity index (χ3v) is 4.75. The first-order valence-corrected chi connectivity index (χ1v) is 8.59. The van der Waals surface area contributed by atoms with Crippen molar-refractivity contribution in [3.05, 3.63) is 47.8 Å². The molecule has 1 aliphatic rings. The summed E-state index contributed by atoms with van der Waals surface area (Å²) in [5, 5.41) is 2.93. The van der Waals surface area contributed by atoms with Gasteiger partial charge in [-0.15, -0.1) is 0 Å². The zero-order valence-electron chi connectivity index (χ0n) is 15.2. The molecule has 0 amide bonds. The normalized spacial score (nSPS) is 20.6. The Morgan fingerprint density at radius 1 is 1.24 bits per heavy atom. The number of nitrogens with one attached hydrogen (secondary N) is 1. The second kappa shape index (κ2) is 7.80. The van der Waals surface area contributed by atoms with E-state index in [1.807, 2.05) is 37.6 Å². The van der Waals surface area contributed by atoms with E-state index in [2.05, 4.69) is 33.2 Å². The molecular weight excluding hydrogens is 316 g/mol. The average Bonchev–Trinajstić information content (AvgIpc) is 3.05. The molecule has 25 heavy (non-hydrogen) atoms. The van der Waals surface area contributed by atoms with Gasteiger partial charge in [0.05, 0.1) is 0 Å². The Morgan fingerprint density at radius 2 is 2.00 bits per heavy atom. The SMILES string of the molecule is CNc1ncc(CN2CC[C@](COc3ccccc3C)(OC)C2)cn1. The van der Waals surface area contributed by atoms with Crippen LogP contribution < -0.4 is 10.1 Å². The molecular formula is C19H26N4O2. The van der Waals surface area contributed by atoms with E-state index in [4.69, 9.17) is 9.47 Å². The van der Waals surface area contributed by atoms with Crippen LogP contribution in [-0.4, -0.2) is 54.3 Å². The van der Waals surface area contributed by atoms with Crippen LogP contribution in [0.5, 0.6) is 5.75 Å². The smallest absolute Gasteiger partial charge is 0.222 e. The highest BCUT2D eigenvalue weighted by molar-refractivity contribution is 5.31. The van der Waals surface area contributed by atoms with Crippen LogP contribution in [0.4, 0.5) is 5.95 Å². The van der Waals surface area contributed by atoms with Crippen LogP contribution in [0.2, 0.25) is 0 Å². The van der Waals surface area contributed by atoms with E-state index >= 15 is 0 Å². The maximum Gasteiger partial charge on any atom is 0.222 e. The Bertz CT molecular complexity index is 692. The van der Waals surface area contributed by atoms with Gasteiger partial charge in [-0.25, -0.2) is 9.97 Å². The molecule has 0 unspecified atom stereocenters. The maximum atomic E-state index is 6.06. The fourth-order valence-corrected chi connectivity index (χ4v) is 3.16. The molecule has 2 heterocycles. The average molecular weight is 342 g/mol. The summed E-state index contributed by atoms with van der Waals surface area (Å²) in [6, 6.07) is 8.08. The number of aryl methyl sites for hydroxylation is 1. The van der Waals surface area contributed by atoms with Crippen molar-refractivity contribution in [3.8, 4) is 5.75 Å². The van der Waals surface area contributed by atoms with Crippen LogP contribution in [0.25, 0.3) is 0 Å². The lowest BCUT2D eigenvalue weighted by atomic mass is 10.0. The van der Waals surface area contributed by atoms with Crippen molar-refractivity contribution in [2.45, 2.75) is 25.5 Å². The quantitative estimate of drug-likeness (QED) is 0.834. The van der Waals surface area contributed by atoms with E-state index in [9.17, 15) is 0 Å². The van der Waals surface area contributed by atoms with Gasteiger partial charge in [0, 0.05) is 51.7 Å². The first kappa shape index (κ1) is 17.6. The number of ether oxygens (including phenoxy) is 2. The molecule has 1 N–H and O–H groups in total. The molecule has 1 aromatic carbocycles. The summed E-state index contributed by atoms with van der Waals surface area (Å²) in [6.45, 7) is 5.24. The van der Waals surface area contributed by atoms with Gasteiger partial charge in [-0.2, -0.15) is 0 Å². The van der Waals surface area contributed by atoms with Gasteiger partial charge < -0.3 is 14.8 Å². The maximum absolute atomic E-state index is 6.06. The molecule has 0 radical (unpaired) electrons. The molecule has 1 aliphatic heterocycles. The number of likely N-dealkylation sites (tertiary alicyclic amines) is 1. The van der Waals surface area contributed by atoms with Gasteiger partial charge >= 0.3 is 0 Å². The predicted octanol–water partition coefficient (Wildman–Crippen LogP) is 2.50. The molecule has 0 spiro atoms. The van der Waals surface area contributed by atoms with E-state index in [0.29, 0.717) is 12.6 Å². The predicted molar refractivity (Wildman–Crippen MR) is 97.9 cm³/mol. The summed E-state index contributed by atoms with van der Waals surface area (Å²) in [7, 11) is 3.59. The van der Waals surface area contributed by atoms with Gasteiger partial charge in [-0.05, 0) is 25.0 Å². The summed E-state index contributed by atoms with van der Waals surface area (Å²) in [5.74, 6) is 1.57. The number of hydrogen-bond acceptors (Lipinski definition) is 6. The highest BCUT2D eigenvalue weighted by Gasteiger charge is 2.39. The summed E-state index contributed by atoms with van der Waals surface area (Å²) < 4.78 is 11.9. The number of anilines is 1. The zero-order valence-corrected chi connectivity index (χ0v) is 15.2. The van der Waals surface area contributed by atoms with Gasteiger partial charge in [-0.3, -0.25) is 4.90 Å². The molecule has 6 nitrogen and oxygen atoms in total. The van der Waals surface area contributed by atoms with Gasteiger partial charge in [-0.1, -0.05) is 18.2 Å². The largest absolute Gasteiger partial charge is 0.490 e. The molecule has 0 aliphatic carbocycles. The lowest BCUT2D eigenvalue weighted by Crippen LogP contribution is -2.41. The molecule has 134 valence electrons. The topological polar surface area (TPSA) is 59.5 Å². The number of methoxy groups -OCH3 is 1. The molecule has 6 heteroatoms. The summed E-state index contributed by atoms with van der Waals surface area (Å²) >= 11 is 0. The van der Waals surface area contributed by atoms with Crippen LogP contribution in [0.3, 0.4) is 0 Å². The molecule has 2 aromatic rings. The van der Waals surface area contributed by atoms with Crippen molar-refractivity contribution in [2.75, 3.05) is 39.2 Å². The Labute approximate surface area is 149 Å². The molecule has 0 saturated carbocycles. The van der Waals surface area contributed by atoms with Crippen molar-refractivity contribution >= 4 is 5.95 Å². The standard InChI is InChI=1S/C19H26N4O2/c1-15-6-4-5-7-17(15)25-14-19(24-3)8-9-23(13-19)12-16-10-21-18(20-2)22-11-16/h4-7,10-11H,8-9,12-14H2,1-3H3,(H,20,21,22)/t19-/m0/s1. The second-order valence-corrected chi connectivity index (χ2v) is 6.57.